The van der Waals surface area contributed by atoms with Crippen LogP contribution in [-0.2, 0) is 18.9 Å². The van der Waals surface area contributed by atoms with Gasteiger partial charge in [-0.25, -0.2) is 0 Å². The zero-order valence-electron chi connectivity index (χ0n) is 16.0. The lowest BCUT2D eigenvalue weighted by molar-refractivity contribution is 0.0470. The Bertz CT molecular complexity index is 168. The van der Waals surface area contributed by atoms with E-state index in [4.69, 9.17) is 18.9 Å². The molecule has 0 heterocycles. The van der Waals surface area contributed by atoms with Crippen LogP contribution in [0.1, 0.15) is 67.2 Å². The summed E-state index contributed by atoms with van der Waals surface area (Å²) in [7, 11) is 0. The molecule has 0 amide bonds. The molecule has 0 unspecified atom stereocenters. The standard InChI is InChI=1S/C9H20O2.C8H18O2.C2H2.CH4/c1-3-5-7-11-9-8-10-6-4-2;1-3-5-9-7-8-10-6-4-2;1-2;/h3-9H2,1-2H3;3-8H2,1-2H3;1-2H;1H4. The molecule has 0 bridgehead atoms. The van der Waals surface area contributed by atoms with Crippen molar-refractivity contribution in [3.05, 3.63) is 0 Å². The minimum Gasteiger partial charge on any atom is -0.379 e. The largest absolute Gasteiger partial charge is 0.379 e. The van der Waals surface area contributed by atoms with E-state index >= 15 is 0 Å². The average molecular weight is 349 g/mol. The van der Waals surface area contributed by atoms with Crippen molar-refractivity contribution >= 4 is 0 Å². The average Bonchev–Trinajstić information content (AvgIpc) is 2.60. The minimum absolute atomic E-state index is 0. The molecule has 0 radical (unpaired) electrons. The lowest BCUT2D eigenvalue weighted by Crippen LogP contribution is -2.05. The van der Waals surface area contributed by atoms with Crippen molar-refractivity contribution in [1.82, 2.24) is 0 Å². The fourth-order valence-electron chi connectivity index (χ4n) is 1.32. The molecule has 4 nitrogen and oxygen atoms in total. The Hall–Kier alpha value is -0.600. The number of ether oxygens (including phenoxy) is 4. The molecule has 0 N–H and O–H groups in total. The van der Waals surface area contributed by atoms with Gasteiger partial charge in [-0.2, -0.15) is 0 Å². The fraction of sp³-hybridized carbons (Fsp3) is 0.900. The second-order valence-electron chi connectivity index (χ2n) is 4.80. The van der Waals surface area contributed by atoms with Gasteiger partial charge >= 0.3 is 0 Å². The third-order valence-electron chi connectivity index (χ3n) is 2.43. The van der Waals surface area contributed by atoms with Gasteiger partial charge in [0.15, 0.2) is 0 Å². The van der Waals surface area contributed by atoms with Crippen LogP contribution in [0.5, 0.6) is 0 Å². The predicted molar refractivity (Wildman–Crippen MR) is 106 cm³/mol. The Morgan fingerprint density at radius 1 is 0.458 bits per heavy atom. The molecule has 148 valence electrons. The number of terminal acetylenes is 1. The molecule has 0 rings (SSSR count). The summed E-state index contributed by atoms with van der Waals surface area (Å²) in [6, 6.07) is 0. The van der Waals surface area contributed by atoms with Gasteiger partial charge in [0.2, 0.25) is 0 Å². The van der Waals surface area contributed by atoms with Crippen molar-refractivity contribution in [3.63, 3.8) is 0 Å². The number of hydrogen-bond acceptors (Lipinski definition) is 4. The minimum atomic E-state index is 0. The molecule has 0 saturated carbocycles. The summed E-state index contributed by atoms with van der Waals surface area (Å²) >= 11 is 0. The van der Waals surface area contributed by atoms with Crippen LogP contribution in [-0.4, -0.2) is 52.9 Å². The summed E-state index contributed by atoms with van der Waals surface area (Å²) in [5, 5.41) is 0. The number of unbranched alkanes of at least 4 members (excludes halogenated alkanes) is 1. The molecule has 0 aromatic rings. The highest BCUT2D eigenvalue weighted by Gasteiger charge is 1.87. The van der Waals surface area contributed by atoms with Crippen molar-refractivity contribution in [1.29, 1.82) is 0 Å². The molecule has 0 fully saturated rings. The first-order valence-corrected chi connectivity index (χ1v) is 8.97. The van der Waals surface area contributed by atoms with Gasteiger partial charge in [-0.05, 0) is 25.7 Å². The molecule has 0 aromatic carbocycles. The summed E-state index contributed by atoms with van der Waals surface area (Å²) in [5.41, 5.74) is 0. The van der Waals surface area contributed by atoms with Crippen LogP contribution >= 0.6 is 0 Å². The first-order valence-electron chi connectivity index (χ1n) is 8.97. The van der Waals surface area contributed by atoms with Gasteiger partial charge < -0.3 is 18.9 Å². The predicted octanol–water partition coefficient (Wildman–Crippen LogP) is 4.95. The van der Waals surface area contributed by atoms with Crippen LogP contribution < -0.4 is 0 Å². The summed E-state index contributed by atoms with van der Waals surface area (Å²) < 4.78 is 20.9. The maximum Gasteiger partial charge on any atom is 0.0700 e. The molecule has 0 aliphatic rings. The van der Waals surface area contributed by atoms with Gasteiger partial charge in [0.1, 0.15) is 0 Å². The van der Waals surface area contributed by atoms with Gasteiger partial charge in [-0.1, -0.05) is 41.5 Å². The van der Waals surface area contributed by atoms with Crippen LogP contribution in [0.2, 0.25) is 0 Å². The maximum atomic E-state index is 5.30. The van der Waals surface area contributed by atoms with Crippen LogP contribution in [0, 0.1) is 12.8 Å². The summed E-state index contributed by atoms with van der Waals surface area (Å²) in [6.07, 6.45) is 13.6. The van der Waals surface area contributed by atoms with Crippen molar-refractivity contribution in [2.75, 3.05) is 52.9 Å². The van der Waals surface area contributed by atoms with E-state index in [-0.39, 0.29) is 7.43 Å². The van der Waals surface area contributed by atoms with E-state index in [1.54, 1.807) is 0 Å². The zero-order valence-corrected chi connectivity index (χ0v) is 16.0. The second-order valence-corrected chi connectivity index (χ2v) is 4.80. The van der Waals surface area contributed by atoms with Gasteiger partial charge in [-0.15, -0.1) is 12.8 Å². The summed E-state index contributed by atoms with van der Waals surface area (Å²) in [6.45, 7) is 14.9. The van der Waals surface area contributed by atoms with Crippen LogP contribution in [0.15, 0.2) is 0 Å². The highest BCUT2D eigenvalue weighted by Crippen LogP contribution is 1.88. The van der Waals surface area contributed by atoms with Gasteiger partial charge in [-0.3, -0.25) is 0 Å². The van der Waals surface area contributed by atoms with Crippen LogP contribution in [0.3, 0.4) is 0 Å². The van der Waals surface area contributed by atoms with Crippen molar-refractivity contribution in [2.45, 2.75) is 67.2 Å². The fourth-order valence-corrected chi connectivity index (χ4v) is 1.32. The summed E-state index contributed by atoms with van der Waals surface area (Å²) in [4.78, 5) is 0. The topological polar surface area (TPSA) is 36.9 Å². The van der Waals surface area contributed by atoms with Crippen LogP contribution in [0.4, 0.5) is 0 Å². The van der Waals surface area contributed by atoms with E-state index in [9.17, 15) is 0 Å². The Morgan fingerprint density at radius 2 is 0.750 bits per heavy atom. The molecule has 0 spiro atoms. The maximum absolute atomic E-state index is 5.30. The quantitative estimate of drug-likeness (QED) is 0.310. The van der Waals surface area contributed by atoms with Crippen molar-refractivity contribution < 1.29 is 18.9 Å². The Balaban J connectivity index is -0.000000146. The highest BCUT2D eigenvalue weighted by atomic mass is 16.5. The van der Waals surface area contributed by atoms with Gasteiger partial charge in [0.05, 0.1) is 26.4 Å². The van der Waals surface area contributed by atoms with E-state index in [1.165, 1.54) is 6.42 Å². The molecular weight excluding hydrogens is 304 g/mol. The van der Waals surface area contributed by atoms with E-state index in [0.29, 0.717) is 0 Å². The van der Waals surface area contributed by atoms with Crippen molar-refractivity contribution in [3.8, 4) is 12.8 Å². The SMILES string of the molecule is C.C#C.CCCCOCCOCCC.CCCOCCOCCC. The lowest BCUT2D eigenvalue weighted by Gasteiger charge is -2.03. The number of rotatable bonds is 15. The molecule has 0 aliphatic heterocycles. The first kappa shape index (κ1) is 31.2. The van der Waals surface area contributed by atoms with Gasteiger partial charge in [0.25, 0.3) is 0 Å². The van der Waals surface area contributed by atoms with Gasteiger partial charge in [0, 0.05) is 26.4 Å². The third-order valence-corrected chi connectivity index (χ3v) is 2.43. The van der Waals surface area contributed by atoms with Crippen LogP contribution in [0.25, 0.3) is 0 Å². The monoisotopic (exact) mass is 348 g/mol. The zero-order chi connectivity index (χ0) is 18.0. The molecular formula is C20H44O4. The van der Waals surface area contributed by atoms with E-state index < -0.39 is 0 Å². The summed E-state index contributed by atoms with van der Waals surface area (Å²) in [5.74, 6) is 0. The molecule has 0 aliphatic carbocycles. The second kappa shape index (κ2) is 38.1. The molecule has 0 atom stereocenters. The smallest absolute Gasteiger partial charge is 0.0700 e. The normalized spacial score (nSPS) is 9.08. The molecule has 24 heavy (non-hydrogen) atoms. The Kier molecular flexibility index (Phi) is 49.6. The lowest BCUT2D eigenvalue weighted by atomic mass is 10.4. The number of hydrogen-bond donors (Lipinski definition) is 0. The molecule has 0 saturated heterocycles. The highest BCUT2D eigenvalue weighted by molar-refractivity contribution is 4.47. The Morgan fingerprint density at radius 3 is 1.00 bits per heavy atom. The van der Waals surface area contributed by atoms with E-state index in [1.807, 2.05) is 0 Å². The van der Waals surface area contributed by atoms with E-state index in [0.717, 1.165) is 78.5 Å². The van der Waals surface area contributed by atoms with Crippen molar-refractivity contribution in [2.24, 2.45) is 0 Å². The Labute approximate surface area is 152 Å². The third kappa shape index (κ3) is 42.9. The molecule has 4 heteroatoms. The first-order chi connectivity index (χ1) is 11.3. The molecule has 0 aromatic heterocycles. The van der Waals surface area contributed by atoms with E-state index in [2.05, 4.69) is 40.5 Å².